The van der Waals surface area contributed by atoms with Gasteiger partial charge in [0.25, 0.3) is 0 Å². The normalized spacial score (nSPS) is 19.4. The molecule has 0 spiro atoms. The molecule has 1 saturated heterocycles. The van der Waals surface area contributed by atoms with E-state index in [-0.39, 0.29) is 11.9 Å². The molecule has 1 amide bonds. The van der Waals surface area contributed by atoms with Crippen LogP contribution in [-0.4, -0.2) is 30.0 Å². The van der Waals surface area contributed by atoms with Crippen molar-refractivity contribution < 1.29 is 4.79 Å². The summed E-state index contributed by atoms with van der Waals surface area (Å²) in [4.78, 5) is 17.3. The zero-order valence-electron chi connectivity index (χ0n) is 9.61. The molecule has 0 aliphatic carbocycles. The summed E-state index contributed by atoms with van der Waals surface area (Å²) in [5, 5.41) is 3.43. The Morgan fingerprint density at radius 3 is 3.12 bits per heavy atom. The number of carbonyl (C=O) groups is 1. The monoisotopic (exact) mass is 254 g/mol. The number of aromatic nitrogens is 1. The summed E-state index contributed by atoms with van der Waals surface area (Å²) in [7, 11) is 0. The second kappa shape index (κ2) is 4.79. The zero-order valence-corrected chi connectivity index (χ0v) is 10.4. The fraction of sp³-hybridized carbons (Fsp3) is 0.455. The van der Waals surface area contributed by atoms with E-state index >= 15 is 0 Å². The van der Waals surface area contributed by atoms with Crippen LogP contribution >= 0.6 is 11.6 Å². The van der Waals surface area contributed by atoms with E-state index in [0.29, 0.717) is 10.7 Å². The minimum absolute atomic E-state index is 0.00566. The van der Waals surface area contributed by atoms with Crippen molar-refractivity contribution in [3.8, 4) is 0 Å². The van der Waals surface area contributed by atoms with Gasteiger partial charge in [-0.15, -0.1) is 0 Å². The first kappa shape index (κ1) is 12.0. The molecule has 0 radical (unpaired) electrons. The average Bonchev–Trinajstić information content (AvgIpc) is 2.65. The summed E-state index contributed by atoms with van der Waals surface area (Å²) in [6.07, 6.45) is 2.49. The Morgan fingerprint density at radius 2 is 2.47 bits per heavy atom. The van der Waals surface area contributed by atoms with Crippen LogP contribution < -0.4 is 16.0 Å². The van der Waals surface area contributed by atoms with Crippen molar-refractivity contribution in [2.24, 2.45) is 0 Å². The van der Waals surface area contributed by atoms with E-state index in [2.05, 4.69) is 15.2 Å². The lowest BCUT2D eigenvalue weighted by atomic mass is 10.2. The molecule has 0 aromatic carbocycles. The minimum Gasteiger partial charge on any atom is -0.396 e. The van der Waals surface area contributed by atoms with Crippen LogP contribution in [0.1, 0.15) is 13.3 Å². The van der Waals surface area contributed by atoms with Gasteiger partial charge in [0.05, 0.1) is 10.7 Å². The summed E-state index contributed by atoms with van der Waals surface area (Å²) < 4.78 is 0. The molecule has 0 saturated carbocycles. The van der Waals surface area contributed by atoms with E-state index < -0.39 is 0 Å². The van der Waals surface area contributed by atoms with Gasteiger partial charge < -0.3 is 16.0 Å². The van der Waals surface area contributed by atoms with E-state index in [4.69, 9.17) is 17.3 Å². The Kier molecular flexibility index (Phi) is 3.38. The van der Waals surface area contributed by atoms with E-state index in [0.717, 1.165) is 25.3 Å². The fourth-order valence-electron chi connectivity index (χ4n) is 2.07. The van der Waals surface area contributed by atoms with E-state index in [1.54, 1.807) is 12.3 Å². The number of anilines is 2. The summed E-state index contributed by atoms with van der Waals surface area (Å²) in [5.41, 5.74) is 6.44. The van der Waals surface area contributed by atoms with Crippen molar-refractivity contribution in [1.82, 2.24) is 10.3 Å². The topological polar surface area (TPSA) is 71.2 Å². The largest absolute Gasteiger partial charge is 0.396 e. The Morgan fingerprint density at radius 1 is 1.71 bits per heavy atom. The molecule has 1 aliphatic rings. The van der Waals surface area contributed by atoms with Crippen molar-refractivity contribution >= 4 is 29.0 Å². The van der Waals surface area contributed by atoms with Crippen LogP contribution in [0.2, 0.25) is 5.02 Å². The SMILES string of the molecule is CC(=O)NC1CCN(c2ncc(Cl)cc2N)C1. The van der Waals surface area contributed by atoms with Crippen molar-refractivity contribution in [2.45, 2.75) is 19.4 Å². The molecule has 3 N–H and O–H groups in total. The molecule has 1 fully saturated rings. The van der Waals surface area contributed by atoms with Gasteiger partial charge in [-0.2, -0.15) is 0 Å². The molecule has 1 aliphatic heterocycles. The molecule has 92 valence electrons. The van der Waals surface area contributed by atoms with Crippen molar-refractivity contribution in [3.63, 3.8) is 0 Å². The molecule has 5 nitrogen and oxygen atoms in total. The number of nitrogens with two attached hydrogens (primary N) is 1. The number of hydrogen-bond acceptors (Lipinski definition) is 4. The second-order valence-electron chi connectivity index (χ2n) is 4.20. The lowest BCUT2D eigenvalue weighted by Crippen LogP contribution is -2.35. The highest BCUT2D eigenvalue weighted by atomic mass is 35.5. The van der Waals surface area contributed by atoms with Crippen LogP contribution in [0.25, 0.3) is 0 Å². The molecule has 1 aromatic rings. The summed E-state index contributed by atoms with van der Waals surface area (Å²) in [5.74, 6) is 0.733. The van der Waals surface area contributed by atoms with E-state index in [1.807, 2.05) is 0 Å². The van der Waals surface area contributed by atoms with Crippen molar-refractivity contribution in [1.29, 1.82) is 0 Å². The lowest BCUT2D eigenvalue weighted by molar-refractivity contribution is -0.119. The molecule has 6 heteroatoms. The van der Waals surface area contributed by atoms with Crippen LogP contribution in [0.5, 0.6) is 0 Å². The Bertz CT molecular complexity index is 437. The third-order valence-corrected chi connectivity index (χ3v) is 2.96. The number of nitrogens with zero attached hydrogens (tertiary/aromatic N) is 2. The van der Waals surface area contributed by atoms with Gasteiger partial charge in [0.1, 0.15) is 0 Å². The van der Waals surface area contributed by atoms with Gasteiger partial charge in [-0.1, -0.05) is 11.6 Å². The van der Waals surface area contributed by atoms with Gasteiger partial charge in [-0.25, -0.2) is 4.98 Å². The molecular weight excluding hydrogens is 240 g/mol. The molecule has 1 unspecified atom stereocenters. The summed E-state index contributed by atoms with van der Waals surface area (Å²) >= 11 is 5.80. The molecular formula is C11H15ClN4O. The number of pyridine rings is 1. The summed E-state index contributed by atoms with van der Waals surface area (Å²) in [6.45, 7) is 3.10. The molecule has 1 aromatic heterocycles. The molecule has 2 heterocycles. The van der Waals surface area contributed by atoms with Crippen LogP contribution in [0.15, 0.2) is 12.3 Å². The van der Waals surface area contributed by atoms with Gasteiger partial charge in [0, 0.05) is 32.3 Å². The highest BCUT2D eigenvalue weighted by molar-refractivity contribution is 6.30. The lowest BCUT2D eigenvalue weighted by Gasteiger charge is -2.19. The zero-order chi connectivity index (χ0) is 12.4. The summed E-state index contributed by atoms with van der Waals surface area (Å²) in [6, 6.07) is 1.86. The number of nitrogen functional groups attached to an aromatic ring is 1. The van der Waals surface area contributed by atoms with Gasteiger partial charge in [-0.3, -0.25) is 4.79 Å². The minimum atomic E-state index is -0.00566. The first-order valence-electron chi connectivity index (χ1n) is 5.49. The van der Waals surface area contributed by atoms with Gasteiger partial charge in [0.2, 0.25) is 5.91 Å². The highest BCUT2D eigenvalue weighted by Gasteiger charge is 2.25. The fourth-order valence-corrected chi connectivity index (χ4v) is 2.24. The quantitative estimate of drug-likeness (QED) is 0.827. The van der Waals surface area contributed by atoms with Gasteiger partial charge in [-0.05, 0) is 12.5 Å². The number of carbonyl (C=O) groups excluding carboxylic acids is 1. The third kappa shape index (κ3) is 2.79. The molecule has 2 rings (SSSR count). The molecule has 0 bridgehead atoms. The van der Waals surface area contributed by atoms with Gasteiger partial charge in [0.15, 0.2) is 5.82 Å². The Hall–Kier alpha value is -1.49. The van der Waals surface area contributed by atoms with Crippen molar-refractivity contribution in [2.75, 3.05) is 23.7 Å². The smallest absolute Gasteiger partial charge is 0.217 e. The van der Waals surface area contributed by atoms with E-state index in [1.165, 1.54) is 6.92 Å². The van der Waals surface area contributed by atoms with Crippen LogP contribution in [0, 0.1) is 0 Å². The average molecular weight is 255 g/mol. The second-order valence-corrected chi connectivity index (χ2v) is 4.63. The maximum atomic E-state index is 11.0. The van der Waals surface area contributed by atoms with Crippen LogP contribution in [0.4, 0.5) is 11.5 Å². The highest BCUT2D eigenvalue weighted by Crippen LogP contribution is 2.26. The van der Waals surface area contributed by atoms with Crippen LogP contribution in [0.3, 0.4) is 0 Å². The Labute approximate surface area is 105 Å². The maximum Gasteiger partial charge on any atom is 0.217 e. The molecule has 17 heavy (non-hydrogen) atoms. The van der Waals surface area contributed by atoms with E-state index in [9.17, 15) is 4.79 Å². The number of rotatable bonds is 2. The van der Waals surface area contributed by atoms with Crippen molar-refractivity contribution in [3.05, 3.63) is 17.3 Å². The number of halogens is 1. The molecule has 1 atom stereocenters. The maximum absolute atomic E-state index is 11.0. The number of nitrogens with one attached hydrogen (secondary N) is 1. The third-order valence-electron chi connectivity index (χ3n) is 2.76. The predicted octanol–water partition coefficient (Wildman–Crippen LogP) is 1.03. The number of amides is 1. The predicted molar refractivity (Wildman–Crippen MR) is 68.1 cm³/mol. The first-order valence-corrected chi connectivity index (χ1v) is 5.87. The standard InChI is InChI=1S/C11H15ClN4O/c1-7(17)15-9-2-3-16(6-9)11-10(13)4-8(12)5-14-11/h4-5,9H,2-3,6,13H2,1H3,(H,15,17). The van der Waals surface area contributed by atoms with Crippen LogP contribution in [-0.2, 0) is 4.79 Å². The first-order chi connectivity index (χ1) is 8.06. The van der Waals surface area contributed by atoms with Gasteiger partial charge >= 0.3 is 0 Å². The Balaban J connectivity index is 2.07. The number of hydrogen-bond donors (Lipinski definition) is 2.